The lowest BCUT2D eigenvalue weighted by Crippen LogP contribution is -2.32. The normalized spacial score (nSPS) is 30.2. The van der Waals surface area contributed by atoms with Crippen molar-refractivity contribution in [2.45, 2.75) is 53.1 Å². The molecule has 0 aliphatic heterocycles. The lowest BCUT2D eigenvalue weighted by atomic mass is 9.68. The molecular weight excluding hydrogens is 218 g/mol. The van der Waals surface area contributed by atoms with Gasteiger partial charge >= 0.3 is 5.97 Å². The Morgan fingerprint density at radius 1 is 1.53 bits per heavy atom. The van der Waals surface area contributed by atoms with Crippen LogP contribution < -0.4 is 0 Å². The van der Waals surface area contributed by atoms with Crippen molar-refractivity contribution in [2.75, 3.05) is 0 Å². The maximum absolute atomic E-state index is 11.8. The van der Waals surface area contributed by atoms with Crippen LogP contribution in [0.15, 0.2) is 5.16 Å². The number of rotatable bonds is 3. The largest absolute Gasteiger partial charge is 0.388 e. The van der Waals surface area contributed by atoms with Gasteiger partial charge in [0, 0.05) is 0 Å². The van der Waals surface area contributed by atoms with Gasteiger partial charge in [-0.1, -0.05) is 25.9 Å². The van der Waals surface area contributed by atoms with Crippen LogP contribution in [0.3, 0.4) is 0 Å². The summed E-state index contributed by atoms with van der Waals surface area (Å²) in [5.74, 6) is 0.193. The highest BCUT2D eigenvalue weighted by atomic mass is 16.7. The van der Waals surface area contributed by atoms with Crippen molar-refractivity contribution in [2.24, 2.45) is 22.4 Å². The molecule has 0 aromatic carbocycles. The van der Waals surface area contributed by atoms with Gasteiger partial charge < -0.3 is 9.94 Å². The highest BCUT2D eigenvalue weighted by Crippen LogP contribution is 2.41. The third-order valence-corrected chi connectivity index (χ3v) is 3.14. The molecule has 1 aliphatic carbocycles. The van der Waals surface area contributed by atoms with Gasteiger partial charge in [0.25, 0.3) is 0 Å². The molecule has 3 unspecified atom stereocenters. The number of aliphatic hydroxyl groups is 1. The van der Waals surface area contributed by atoms with Gasteiger partial charge in [0.1, 0.15) is 0 Å². The minimum Gasteiger partial charge on any atom is -0.388 e. The highest BCUT2D eigenvalue weighted by molar-refractivity contribution is 5.73. The fraction of sp³-hybridized carbons (Fsp3) is 0.846. The van der Waals surface area contributed by atoms with E-state index in [4.69, 9.17) is 9.94 Å². The smallest absolute Gasteiger partial charge is 0.338 e. The van der Waals surface area contributed by atoms with E-state index in [9.17, 15) is 4.79 Å². The van der Waals surface area contributed by atoms with Crippen molar-refractivity contribution in [1.82, 2.24) is 0 Å². The second-order valence-corrected chi connectivity index (χ2v) is 6.02. The predicted octanol–water partition coefficient (Wildman–Crippen LogP) is 2.36. The van der Waals surface area contributed by atoms with E-state index in [1.807, 2.05) is 0 Å². The number of aliphatic hydroxyl groups excluding tert-OH is 1. The fourth-order valence-electron chi connectivity index (χ4n) is 2.77. The molecule has 0 radical (unpaired) electrons. The van der Waals surface area contributed by atoms with Crippen LogP contribution in [-0.4, -0.2) is 23.4 Å². The number of hydrogen-bond donors (Lipinski definition) is 1. The van der Waals surface area contributed by atoms with E-state index in [0.29, 0.717) is 5.92 Å². The van der Waals surface area contributed by atoms with Crippen molar-refractivity contribution < 1.29 is 14.7 Å². The zero-order valence-corrected chi connectivity index (χ0v) is 11.1. The summed E-state index contributed by atoms with van der Waals surface area (Å²) in [6, 6.07) is 0. The summed E-state index contributed by atoms with van der Waals surface area (Å²) in [5, 5.41) is 12.5. The van der Waals surface area contributed by atoms with Crippen LogP contribution in [0.5, 0.6) is 0 Å². The summed E-state index contributed by atoms with van der Waals surface area (Å²) in [7, 11) is 0. The highest BCUT2D eigenvalue weighted by Gasteiger charge is 2.36. The number of hydrogen-bond acceptors (Lipinski definition) is 4. The predicted molar refractivity (Wildman–Crippen MR) is 66.6 cm³/mol. The van der Waals surface area contributed by atoms with Crippen molar-refractivity contribution in [3.63, 3.8) is 0 Å². The number of carbonyl (C=O) groups is 1. The molecule has 1 N–H and O–H groups in total. The first kappa shape index (κ1) is 14.2. The molecule has 1 saturated carbocycles. The van der Waals surface area contributed by atoms with Crippen molar-refractivity contribution >= 4 is 12.2 Å². The topological polar surface area (TPSA) is 58.9 Å². The third kappa shape index (κ3) is 4.86. The van der Waals surface area contributed by atoms with E-state index in [1.165, 1.54) is 6.21 Å². The van der Waals surface area contributed by atoms with E-state index < -0.39 is 6.10 Å². The Bertz CT molecular complexity index is 297. The molecule has 0 saturated heterocycles. The van der Waals surface area contributed by atoms with Gasteiger partial charge in [-0.25, -0.2) is 4.79 Å². The number of carbonyl (C=O) groups excluding carboxylic acids is 1. The van der Waals surface area contributed by atoms with Crippen LogP contribution in [0, 0.1) is 17.3 Å². The number of nitrogens with zero attached hydrogens (tertiary/aromatic N) is 1. The Hall–Kier alpha value is -0.900. The molecule has 0 amide bonds. The molecule has 1 fully saturated rings. The van der Waals surface area contributed by atoms with Gasteiger partial charge in [-0.05, 0) is 37.5 Å². The van der Waals surface area contributed by atoms with Crippen LogP contribution in [0.4, 0.5) is 0 Å². The molecule has 0 heterocycles. The Kier molecular flexibility index (Phi) is 4.69. The van der Waals surface area contributed by atoms with Gasteiger partial charge in [-0.2, -0.15) is 0 Å². The van der Waals surface area contributed by atoms with Crippen LogP contribution in [-0.2, 0) is 9.63 Å². The molecule has 1 rings (SSSR count). The van der Waals surface area contributed by atoms with Crippen LogP contribution in [0.25, 0.3) is 0 Å². The first-order chi connectivity index (χ1) is 7.80. The summed E-state index contributed by atoms with van der Waals surface area (Å²) in [5.41, 5.74) is 0.190. The standard InChI is InChI=1S/C13H23NO3/c1-9-5-11(7-13(3,4)6-9)12(16)17-14-8-10(2)15/h8-11,15H,5-7H2,1-4H3. The second kappa shape index (κ2) is 5.63. The third-order valence-electron chi connectivity index (χ3n) is 3.14. The van der Waals surface area contributed by atoms with Gasteiger partial charge in [-0.15, -0.1) is 0 Å². The first-order valence-corrected chi connectivity index (χ1v) is 6.22. The van der Waals surface area contributed by atoms with E-state index in [2.05, 4.69) is 25.9 Å². The van der Waals surface area contributed by atoms with E-state index in [-0.39, 0.29) is 17.3 Å². The molecule has 0 aromatic heterocycles. The molecule has 17 heavy (non-hydrogen) atoms. The maximum atomic E-state index is 11.8. The van der Waals surface area contributed by atoms with Gasteiger partial charge in [0.15, 0.2) is 0 Å². The molecule has 98 valence electrons. The molecule has 4 heteroatoms. The summed E-state index contributed by atoms with van der Waals surface area (Å²) >= 11 is 0. The quantitative estimate of drug-likeness (QED) is 0.469. The Morgan fingerprint density at radius 2 is 2.18 bits per heavy atom. The molecule has 0 bridgehead atoms. The summed E-state index contributed by atoms with van der Waals surface area (Å²) < 4.78 is 0. The SMILES string of the molecule is CC(O)C=NOC(=O)C1CC(C)CC(C)(C)C1. The van der Waals surface area contributed by atoms with Gasteiger partial charge in [0.05, 0.1) is 18.2 Å². The van der Waals surface area contributed by atoms with E-state index in [0.717, 1.165) is 19.3 Å². The van der Waals surface area contributed by atoms with Crippen molar-refractivity contribution in [3.8, 4) is 0 Å². The molecule has 1 aliphatic rings. The van der Waals surface area contributed by atoms with Crippen molar-refractivity contribution in [3.05, 3.63) is 0 Å². The Morgan fingerprint density at radius 3 is 2.71 bits per heavy atom. The van der Waals surface area contributed by atoms with Gasteiger partial charge in [-0.3, -0.25) is 0 Å². The van der Waals surface area contributed by atoms with Crippen LogP contribution >= 0.6 is 0 Å². The van der Waals surface area contributed by atoms with Crippen LogP contribution in [0.2, 0.25) is 0 Å². The minimum absolute atomic E-state index is 0.0695. The Balaban J connectivity index is 2.51. The average molecular weight is 241 g/mol. The second-order valence-electron chi connectivity index (χ2n) is 6.02. The molecule has 3 atom stereocenters. The van der Waals surface area contributed by atoms with Crippen molar-refractivity contribution in [1.29, 1.82) is 0 Å². The lowest BCUT2D eigenvalue weighted by molar-refractivity contribution is -0.151. The lowest BCUT2D eigenvalue weighted by Gasteiger charge is -2.37. The summed E-state index contributed by atoms with van der Waals surface area (Å²) in [6.07, 6.45) is 3.39. The zero-order valence-electron chi connectivity index (χ0n) is 11.1. The van der Waals surface area contributed by atoms with Gasteiger partial charge in [0.2, 0.25) is 0 Å². The molecular formula is C13H23NO3. The monoisotopic (exact) mass is 241 g/mol. The maximum Gasteiger partial charge on any atom is 0.338 e. The summed E-state index contributed by atoms with van der Waals surface area (Å²) in [6.45, 7) is 8.09. The molecule has 4 nitrogen and oxygen atoms in total. The fourth-order valence-corrected chi connectivity index (χ4v) is 2.77. The average Bonchev–Trinajstić information content (AvgIpc) is 2.13. The van der Waals surface area contributed by atoms with E-state index >= 15 is 0 Å². The minimum atomic E-state index is -0.690. The van der Waals surface area contributed by atoms with Crippen LogP contribution in [0.1, 0.15) is 47.0 Å². The Labute approximate surface area is 103 Å². The summed E-state index contributed by atoms with van der Waals surface area (Å²) in [4.78, 5) is 16.6. The number of oxime groups is 1. The first-order valence-electron chi connectivity index (χ1n) is 6.22. The molecule has 0 aromatic rings. The molecule has 0 spiro atoms. The zero-order chi connectivity index (χ0) is 13.1. The van der Waals surface area contributed by atoms with E-state index in [1.54, 1.807) is 6.92 Å².